The Hall–Kier alpha value is -1.14. The van der Waals surface area contributed by atoms with E-state index in [1.807, 2.05) is 14.1 Å². The average Bonchev–Trinajstić information content (AvgIpc) is 3.05. The van der Waals surface area contributed by atoms with Crippen LogP contribution in [0.15, 0.2) is 0 Å². The highest BCUT2D eigenvalue weighted by Crippen LogP contribution is 2.22. The first kappa shape index (κ1) is 45.9. The second-order valence-corrected chi connectivity index (χ2v) is 14.5. The van der Waals surface area contributed by atoms with Crippen LogP contribution in [0.5, 0.6) is 0 Å². The van der Waals surface area contributed by atoms with E-state index in [9.17, 15) is 9.59 Å². The summed E-state index contributed by atoms with van der Waals surface area (Å²) in [4.78, 5) is 26.7. The van der Waals surface area contributed by atoms with Crippen LogP contribution in [0.25, 0.3) is 0 Å². The molecular weight excluding hydrogens is 586 g/mol. The number of carbonyl (C=O) groups excluding carboxylic acids is 2. The van der Waals surface area contributed by atoms with Crippen molar-refractivity contribution in [1.29, 1.82) is 0 Å². The molecule has 0 saturated carbocycles. The van der Waals surface area contributed by atoms with Crippen molar-refractivity contribution < 1.29 is 23.8 Å². The van der Waals surface area contributed by atoms with E-state index in [2.05, 4.69) is 25.7 Å². The summed E-state index contributed by atoms with van der Waals surface area (Å²) in [5, 5.41) is 0. The maximum absolute atomic E-state index is 12.3. The maximum atomic E-state index is 12.3. The van der Waals surface area contributed by atoms with Gasteiger partial charge in [0.25, 0.3) is 0 Å². The molecule has 280 valence electrons. The third kappa shape index (κ3) is 34.5. The molecule has 0 saturated heterocycles. The van der Waals surface area contributed by atoms with Crippen LogP contribution < -0.4 is 0 Å². The minimum Gasteiger partial charge on any atom is -0.466 e. The zero-order valence-electron chi connectivity index (χ0n) is 32.3. The van der Waals surface area contributed by atoms with Gasteiger partial charge in [-0.15, -0.1) is 0 Å². The number of hydrogen-bond donors (Lipinski definition) is 0. The number of carbonyl (C=O) groups is 2. The Kier molecular flexibility index (Phi) is 35.3. The van der Waals surface area contributed by atoms with Crippen molar-refractivity contribution >= 4 is 11.9 Å². The van der Waals surface area contributed by atoms with E-state index in [-0.39, 0.29) is 11.9 Å². The van der Waals surface area contributed by atoms with Crippen molar-refractivity contribution in [1.82, 2.24) is 4.90 Å². The summed E-state index contributed by atoms with van der Waals surface area (Å²) >= 11 is 0. The number of rotatable bonds is 37. The van der Waals surface area contributed by atoms with E-state index in [0.717, 1.165) is 38.6 Å². The Balaban J connectivity index is 4.17. The lowest BCUT2D eigenvalue weighted by atomic mass is 9.92. The summed E-state index contributed by atoms with van der Waals surface area (Å²) in [7, 11) is 4.04. The van der Waals surface area contributed by atoms with Crippen LogP contribution in [-0.4, -0.2) is 63.9 Å². The highest BCUT2D eigenvalue weighted by atomic mass is 16.5. The predicted molar refractivity (Wildman–Crippen MR) is 200 cm³/mol. The van der Waals surface area contributed by atoms with E-state index in [1.165, 1.54) is 128 Å². The van der Waals surface area contributed by atoms with Crippen LogP contribution >= 0.6 is 0 Å². The number of esters is 2. The molecule has 0 aromatic heterocycles. The number of likely N-dealkylation sites (N-methyl/N-ethyl adjacent to an activating group) is 1. The number of nitrogens with zero attached hydrogens (tertiary/aromatic N) is 1. The Morgan fingerprint density at radius 3 is 1.47 bits per heavy atom. The lowest BCUT2D eigenvalue weighted by Crippen LogP contribution is -2.20. The fourth-order valence-electron chi connectivity index (χ4n) is 6.29. The molecule has 0 aliphatic heterocycles. The van der Waals surface area contributed by atoms with Crippen molar-refractivity contribution in [2.45, 2.75) is 194 Å². The first-order valence-corrected chi connectivity index (χ1v) is 20.5. The third-order valence-corrected chi connectivity index (χ3v) is 9.54. The molecule has 1 unspecified atom stereocenters. The van der Waals surface area contributed by atoms with Crippen molar-refractivity contribution in [3.63, 3.8) is 0 Å². The Labute approximate surface area is 293 Å². The molecule has 0 N–H and O–H groups in total. The molecular formula is C41H81NO5. The van der Waals surface area contributed by atoms with Crippen LogP contribution in [0.4, 0.5) is 0 Å². The van der Waals surface area contributed by atoms with E-state index in [0.29, 0.717) is 51.1 Å². The third-order valence-electron chi connectivity index (χ3n) is 9.54. The highest BCUT2D eigenvalue weighted by molar-refractivity contribution is 5.69. The molecule has 0 aliphatic carbocycles. The van der Waals surface area contributed by atoms with Gasteiger partial charge in [0.1, 0.15) is 0 Å². The van der Waals surface area contributed by atoms with E-state index < -0.39 is 0 Å². The molecule has 0 aromatic rings. The number of ether oxygens (including phenoxy) is 3. The van der Waals surface area contributed by atoms with Crippen molar-refractivity contribution in [2.24, 2.45) is 11.8 Å². The zero-order valence-corrected chi connectivity index (χ0v) is 32.3. The molecule has 0 aliphatic rings. The summed E-state index contributed by atoms with van der Waals surface area (Å²) in [5.74, 6) is 1.03. The number of hydrogen-bond acceptors (Lipinski definition) is 6. The minimum absolute atomic E-state index is 0.00987. The smallest absolute Gasteiger partial charge is 0.308 e. The lowest BCUT2D eigenvalue weighted by Gasteiger charge is -2.17. The normalized spacial score (nSPS) is 12.2. The zero-order chi connectivity index (χ0) is 34.6. The van der Waals surface area contributed by atoms with Gasteiger partial charge in [-0.3, -0.25) is 9.59 Å². The van der Waals surface area contributed by atoms with Crippen LogP contribution in [0.1, 0.15) is 194 Å². The van der Waals surface area contributed by atoms with Crippen LogP contribution in [0.2, 0.25) is 0 Å². The van der Waals surface area contributed by atoms with E-state index in [4.69, 9.17) is 14.2 Å². The minimum atomic E-state index is -0.131. The van der Waals surface area contributed by atoms with Gasteiger partial charge in [-0.2, -0.15) is 0 Å². The lowest BCUT2D eigenvalue weighted by molar-refractivity contribution is -0.146. The van der Waals surface area contributed by atoms with E-state index in [1.54, 1.807) is 0 Å². The quantitative estimate of drug-likeness (QED) is 0.0485. The van der Waals surface area contributed by atoms with Crippen molar-refractivity contribution in [2.75, 3.05) is 47.1 Å². The van der Waals surface area contributed by atoms with Gasteiger partial charge in [0.05, 0.1) is 32.8 Å². The second kappa shape index (κ2) is 36.1. The molecule has 6 nitrogen and oxygen atoms in total. The summed E-state index contributed by atoms with van der Waals surface area (Å²) in [6.45, 7) is 9.88. The summed E-state index contributed by atoms with van der Waals surface area (Å²) in [6.07, 6.45) is 32.0. The Bertz CT molecular complexity index is 660. The molecule has 0 rings (SSSR count). The highest BCUT2D eigenvalue weighted by Gasteiger charge is 2.13. The van der Waals surface area contributed by atoms with Crippen molar-refractivity contribution in [3.05, 3.63) is 0 Å². The average molecular weight is 668 g/mol. The van der Waals surface area contributed by atoms with Crippen LogP contribution in [0, 0.1) is 11.8 Å². The van der Waals surface area contributed by atoms with Crippen LogP contribution in [-0.2, 0) is 23.8 Å². The monoisotopic (exact) mass is 668 g/mol. The topological polar surface area (TPSA) is 65.1 Å². The largest absolute Gasteiger partial charge is 0.466 e. The van der Waals surface area contributed by atoms with Gasteiger partial charge < -0.3 is 19.1 Å². The maximum Gasteiger partial charge on any atom is 0.308 e. The summed E-state index contributed by atoms with van der Waals surface area (Å²) < 4.78 is 16.9. The fourth-order valence-corrected chi connectivity index (χ4v) is 6.29. The fraction of sp³-hybridized carbons (Fsp3) is 0.951. The predicted octanol–water partition coefficient (Wildman–Crippen LogP) is 11.5. The summed E-state index contributed by atoms with van der Waals surface area (Å²) in [5.41, 5.74) is 0. The van der Waals surface area contributed by atoms with Gasteiger partial charge in [-0.25, -0.2) is 0 Å². The molecule has 1 atom stereocenters. The van der Waals surface area contributed by atoms with Gasteiger partial charge in [0.15, 0.2) is 0 Å². The van der Waals surface area contributed by atoms with Crippen molar-refractivity contribution in [3.8, 4) is 0 Å². The molecule has 0 spiro atoms. The molecule has 0 aromatic carbocycles. The SMILES string of the molecule is CCCCCCCCCCC(CCCCCCCCC(=O)OCCC(CCCCC)CCCCC)COC(=O)CCOCCN(C)C. The Morgan fingerprint density at radius 1 is 0.468 bits per heavy atom. The molecule has 0 bridgehead atoms. The standard InChI is InChI=1S/C41H81NO5/c1-6-9-12-13-14-15-18-23-28-39(37-47-41(44)32-34-45-36-33-42(4)5)29-24-19-16-17-20-25-30-40(43)46-35-31-38(26-21-10-7-2)27-22-11-8-3/h38-39H,6-37H2,1-5H3. The summed E-state index contributed by atoms with van der Waals surface area (Å²) in [6, 6.07) is 0. The Morgan fingerprint density at radius 2 is 0.915 bits per heavy atom. The van der Waals surface area contributed by atoms with E-state index >= 15 is 0 Å². The molecule has 47 heavy (non-hydrogen) atoms. The van der Waals surface area contributed by atoms with Gasteiger partial charge in [-0.1, -0.05) is 156 Å². The first-order valence-electron chi connectivity index (χ1n) is 20.5. The molecule has 0 fully saturated rings. The van der Waals surface area contributed by atoms with Gasteiger partial charge >= 0.3 is 11.9 Å². The molecule has 0 heterocycles. The molecule has 0 radical (unpaired) electrons. The van der Waals surface area contributed by atoms with Crippen LogP contribution in [0.3, 0.4) is 0 Å². The molecule has 0 amide bonds. The first-order chi connectivity index (χ1) is 22.9. The van der Waals surface area contributed by atoms with Gasteiger partial charge in [-0.05, 0) is 51.6 Å². The second-order valence-electron chi connectivity index (χ2n) is 14.5. The molecule has 6 heteroatoms. The van der Waals surface area contributed by atoms with Gasteiger partial charge in [0, 0.05) is 13.0 Å². The number of unbranched alkanes of at least 4 members (excludes halogenated alkanes) is 16. The van der Waals surface area contributed by atoms with Gasteiger partial charge in [0.2, 0.25) is 0 Å².